The van der Waals surface area contributed by atoms with E-state index in [2.05, 4.69) is 4.90 Å². The molecule has 34 heavy (non-hydrogen) atoms. The summed E-state index contributed by atoms with van der Waals surface area (Å²) in [4.78, 5) is 44.9. The minimum absolute atomic E-state index is 0.0350. The molecule has 2 aromatic rings. The molecule has 1 atom stereocenters. The zero-order chi connectivity index (χ0) is 24.1. The van der Waals surface area contributed by atoms with E-state index >= 15 is 0 Å². The van der Waals surface area contributed by atoms with Crippen molar-refractivity contribution >= 4 is 23.4 Å². The van der Waals surface area contributed by atoms with Crippen LogP contribution in [0.4, 0.5) is 5.69 Å². The number of nitrogens with zero attached hydrogens (tertiary/aromatic N) is 3. The smallest absolute Gasteiger partial charge is 0.257 e. The maximum Gasteiger partial charge on any atom is 0.257 e. The molecule has 2 aliphatic rings. The molecule has 8 heteroatoms. The third kappa shape index (κ3) is 5.29. The van der Waals surface area contributed by atoms with Gasteiger partial charge >= 0.3 is 0 Å². The van der Waals surface area contributed by atoms with E-state index in [1.165, 1.54) is 4.90 Å². The molecule has 0 bridgehead atoms. The lowest BCUT2D eigenvalue weighted by molar-refractivity contribution is -0.122. The molecule has 2 aromatic carbocycles. The summed E-state index contributed by atoms with van der Waals surface area (Å²) in [6, 6.07) is 13.3. The van der Waals surface area contributed by atoms with E-state index in [0.717, 1.165) is 18.7 Å². The number of carbonyl (C=O) groups is 3. The molecule has 0 aromatic heterocycles. The quantitative estimate of drug-likeness (QED) is 0.558. The molecule has 2 aliphatic heterocycles. The molecule has 180 valence electrons. The monoisotopic (exact) mass is 465 g/mol. The first-order chi connectivity index (χ1) is 16.5. The summed E-state index contributed by atoms with van der Waals surface area (Å²) >= 11 is 0. The third-order valence-electron chi connectivity index (χ3n) is 6.23. The van der Waals surface area contributed by atoms with Crippen molar-refractivity contribution in [2.75, 3.05) is 50.9 Å². The molecule has 2 fully saturated rings. The molecule has 0 radical (unpaired) electrons. The van der Waals surface area contributed by atoms with Crippen LogP contribution in [-0.2, 0) is 14.3 Å². The number of carbonyl (C=O) groups excluding carboxylic acids is 3. The zero-order valence-electron chi connectivity index (χ0n) is 19.7. The van der Waals surface area contributed by atoms with Crippen molar-refractivity contribution in [1.29, 1.82) is 0 Å². The summed E-state index contributed by atoms with van der Waals surface area (Å²) in [7, 11) is 0. The van der Waals surface area contributed by atoms with Gasteiger partial charge in [0.15, 0.2) is 0 Å². The van der Waals surface area contributed by atoms with Gasteiger partial charge in [-0.25, -0.2) is 4.90 Å². The van der Waals surface area contributed by atoms with Crippen LogP contribution in [0.25, 0.3) is 0 Å². The highest BCUT2D eigenvalue weighted by atomic mass is 16.5. The van der Waals surface area contributed by atoms with Crippen molar-refractivity contribution < 1.29 is 23.9 Å². The molecule has 1 unspecified atom stereocenters. The number of rotatable bonds is 8. The lowest BCUT2D eigenvalue weighted by Crippen LogP contribution is -2.49. The molecule has 3 amide bonds. The largest absolute Gasteiger partial charge is 0.494 e. The Bertz CT molecular complexity index is 1020. The molecule has 0 aliphatic carbocycles. The first kappa shape index (κ1) is 23.9. The van der Waals surface area contributed by atoms with E-state index in [1.54, 1.807) is 41.3 Å². The van der Waals surface area contributed by atoms with Crippen molar-refractivity contribution in [1.82, 2.24) is 9.80 Å². The molecular formula is C26H31N3O5. The maximum absolute atomic E-state index is 13.5. The Morgan fingerprint density at radius 3 is 2.38 bits per heavy atom. The fourth-order valence-electron chi connectivity index (χ4n) is 4.32. The van der Waals surface area contributed by atoms with Crippen LogP contribution in [0, 0.1) is 6.92 Å². The molecule has 0 N–H and O–H groups in total. The van der Waals surface area contributed by atoms with Crippen LogP contribution < -0.4 is 9.64 Å². The average molecular weight is 466 g/mol. The highest BCUT2D eigenvalue weighted by Crippen LogP contribution is 2.28. The second-order valence-electron chi connectivity index (χ2n) is 8.53. The van der Waals surface area contributed by atoms with Gasteiger partial charge in [-0.05, 0) is 50.2 Å². The van der Waals surface area contributed by atoms with Crippen molar-refractivity contribution in [2.45, 2.75) is 26.3 Å². The lowest BCUT2D eigenvalue weighted by Gasteiger charge is -2.32. The lowest BCUT2D eigenvalue weighted by atomic mass is 10.1. The van der Waals surface area contributed by atoms with Gasteiger partial charge in [-0.1, -0.05) is 17.7 Å². The van der Waals surface area contributed by atoms with Gasteiger partial charge in [0.2, 0.25) is 5.91 Å². The Morgan fingerprint density at radius 1 is 1.06 bits per heavy atom. The van der Waals surface area contributed by atoms with Crippen molar-refractivity contribution in [3.05, 3.63) is 59.7 Å². The molecule has 4 rings (SSSR count). The number of hydrogen-bond donors (Lipinski definition) is 0. The van der Waals surface area contributed by atoms with Crippen LogP contribution in [0.2, 0.25) is 0 Å². The summed E-state index contributed by atoms with van der Waals surface area (Å²) in [5.74, 6) is -0.264. The van der Waals surface area contributed by atoms with Gasteiger partial charge in [-0.15, -0.1) is 0 Å². The van der Waals surface area contributed by atoms with E-state index in [1.807, 2.05) is 26.0 Å². The zero-order valence-corrected chi connectivity index (χ0v) is 19.7. The van der Waals surface area contributed by atoms with Crippen molar-refractivity contribution in [3.8, 4) is 5.75 Å². The third-order valence-corrected chi connectivity index (χ3v) is 6.23. The van der Waals surface area contributed by atoms with E-state index in [4.69, 9.17) is 9.47 Å². The summed E-state index contributed by atoms with van der Waals surface area (Å²) in [6.45, 7) is 8.21. The van der Waals surface area contributed by atoms with E-state index in [-0.39, 0.29) is 24.1 Å². The van der Waals surface area contributed by atoms with Crippen LogP contribution in [0.15, 0.2) is 48.5 Å². The Morgan fingerprint density at radius 2 is 1.74 bits per heavy atom. The second kappa shape index (κ2) is 10.8. The Balaban J connectivity index is 1.56. The number of imide groups is 1. The standard InChI is InChI=1S/C26H31N3O5/c1-3-34-22-10-8-21(9-11-22)29-24(30)18-23(26(29)32)28(13-12-27-14-16-33-17-15-27)25(31)20-6-4-19(2)5-7-20/h4-11,23H,3,12-18H2,1-2H3. The fraction of sp³-hybridized carbons (Fsp3) is 0.423. The van der Waals surface area contributed by atoms with Crippen LogP contribution >= 0.6 is 0 Å². The highest BCUT2D eigenvalue weighted by molar-refractivity contribution is 6.23. The summed E-state index contributed by atoms with van der Waals surface area (Å²) in [6.07, 6.45) is -0.0350. The molecule has 2 heterocycles. The van der Waals surface area contributed by atoms with Gasteiger partial charge in [-0.2, -0.15) is 0 Å². The molecule has 0 spiro atoms. The number of amides is 3. The normalized spacial score (nSPS) is 18.9. The van der Waals surface area contributed by atoms with Crippen LogP contribution in [0.1, 0.15) is 29.3 Å². The van der Waals surface area contributed by atoms with Crippen LogP contribution in [0.5, 0.6) is 5.75 Å². The van der Waals surface area contributed by atoms with Gasteiger partial charge in [0.05, 0.1) is 31.9 Å². The van der Waals surface area contributed by atoms with Gasteiger partial charge in [0.1, 0.15) is 11.8 Å². The maximum atomic E-state index is 13.5. The first-order valence-corrected chi connectivity index (χ1v) is 11.8. The van der Waals surface area contributed by atoms with Crippen LogP contribution in [0.3, 0.4) is 0 Å². The van der Waals surface area contributed by atoms with E-state index in [0.29, 0.717) is 49.9 Å². The molecule has 8 nitrogen and oxygen atoms in total. The number of morpholine rings is 1. The second-order valence-corrected chi connectivity index (χ2v) is 8.53. The molecule has 2 saturated heterocycles. The van der Waals surface area contributed by atoms with Gasteiger partial charge in [0.25, 0.3) is 11.8 Å². The predicted octanol–water partition coefficient (Wildman–Crippen LogP) is 2.50. The summed E-state index contributed by atoms with van der Waals surface area (Å²) in [5.41, 5.74) is 2.04. The summed E-state index contributed by atoms with van der Waals surface area (Å²) < 4.78 is 10.9. The van der Waals surface area contributed by atoms with Crippen LogP contribution in [-0.4, -0.2) is 79.6 Å². The van der Waals surface area contributed by atoms with Gasteiger partial charge < -0.3 is 14.4 Å². The first-order valence-electron chi connectivity index (χ1n) is 11.8. The SMILES string of the molecule is CCOc1ccc(N2C(=O)CC(N(CCN3CCOCC3)C(=O)c3ccc(C)cc3)C2=O)cc1. The number of hydrogen-bond acceptors (Lipinski definition) is 6. The van der Waals surface area contributed by atoms with Crippen molar-refractivity contribution in [3.63, 3.8) is 0 Å². The Labute approximate surface area is 200 Å². The summed E-state index contributed by atoms with van der Waals surface area (Å²) in [5, 5.41) is 0. The van der Waals surface area contributed by atoms with Gasteiger partial charge in [0, 0.05) is 31.7 Å². The number of anilines is 1. The minimum Gasteiger partial charge on any atom is -0.494 e. The highest BCUT2D eigenvalue weighted by Gasteiger charge is 2.44. The minimum atomic E-state index is -0.839. The Kier molecular flexibility index (Phi) is 7.59. The number of ether oxygens (including phenoxy) is 2. The van der Waals surface area contributed by atoms with E-state index in [9.17, 15) is 14.4 Å². The number of benzene rings is 2. The fourth-order valence-corrected chi connectivity index (χ4v) is 4.32. The van der Waals surface area contributed by atoms with E-state index < -0.39 is 6.04 Å². The van der Waals surface area contributed by atoms with Gasteiger partial charge in [-0.3, -0.25) is 19.3 Å². The average Bonchev–Trinajstić information content (AvgIpc) is 3.14. The number of aryl methyl sites for hydroxylation is 1. The molecule has 0 saturated carbocycles. The Hall–Kier alpha value is -3.23. The van der Waals surface area contributed by atoms with Crippen molar-refractivity contribution in [2.24, 2.45) is 0 Å². The topological polar surface area (TPSA) is 79.4 Å². The predicted molar refractivity (Wildman–Crippen MR) is 128 cm³/mol. The molecular weight excluding hydrogens is 434 g/mol.